The van der Waals surface area contributed by atoms with Crippen LogP contribution in [0.4, 0.5) is 0 Å². The standard InChI is InChI=1S/C16H17NOS/c1-13-7-9-16(10-8-13)19(17,18)12-11-15-6-4-3-5-14(15)2/h3-12,17H,1-2H3/b12-11+. The summed E-state index contributed by atoms with van der Waals surface area (Å²) in [5.41, 5.74) is 3.20. The number of hydrogen-bond donors (Lipinski definition) is 1. The fraction of sp³-hybridized carbons (Fsp3) is 0.125. The topological polar surface area (TPSA) is 40.9 Å². The molecule has 2 aromatic carbocycles. The second-order valence-electron chi connectivity index (χ2n) is 4.57. The number of aryl methyl sites for hydroxylation is 2. The van der Waals surface area contributed by atoms with E-state index < -0.39 is 9.73 Å². The molecule has 0 heterocycles. The fourth-order valence-corrected chi connectivity index (χ4v) is 2.80. The summed E-state index contributed by atoms with van der Waals surface area (Å²) in [6.07, 6.45) is 1.77. The van der Waals surface area contributed by atoms with Crippen LogP contribution in [0.2, 0.25) is 0 Å². The van der Waals surface area contributed by atoms with Gasteiger partial charge in [-0.15, -0.1) is 0 Å². The molecule has 0 spiro atoms. The molecule has 0 saturated heterocycles. The highest BCUT2D eigenvalue weighted by Gasteiger charge is 2.05. The Bertz CT molecular complexity index is 698. The third-order valence-corrected chi connectivity index (χ3v) is 4.49. The molecule has 0 aromatic heterocycles. The van der Waals surface area contributed by atoms with E-state index >= 15 is 0 Å². The van der Waals surface area contributed by atoms with Crippen LogP contribution in [-0.4, -0.2) is 4.21 Å². The minimum atomic E-state index is -2.87. The summed E-state index contributed by atoms with van der Waals surface area (Å²) in [4.78, 5) is 0.544. The van der Waals surface area contributed by atoms with Gasteiger partial charge < -0.3 is 0 Å². The average Bonchev–Trinajstić information content (AvgIpc) is 2.38. The Hall–Kier alpha value is -1.87. The lowest BCUT2D eigenvalue weighted by Gasteiger charge is -2.04. The van der Waals surface area contributed by atoms with Crippen molar-refractivity contribution >= 4 is 15.8 Å². The van der Waals surface area contributed by atoms with Gasteiger partial charge in [0.1, 0.15) is 0 Å². The van der Waals surface area contributed by atoms with Gasteiger partial charge in [0.25, 0.3) is 0 Å². The predicted octanol–water partition coefficient (Wildman–Crippen LogP) is 4.38. The molecule has 0 aliphatic carbocycles. The molecule has 2 aromatic rings. The van der Waals surface area contributed by atoms with Crippen molar-refractivity contribution in [2.75, 3.05) is 0 Å². The first-order valence-corrected chi connectivity index (χ1v) is 7.70. The van der Waals surface area contributed by atoms with Crippen LogP contribution in [0.1, 0.15) is 16.7 Å². The molecule has 2 rings (SSSR count). The van der Waals surface area contributed by atoms with E-state index in [0.717, 1.165) is 16.7 Å². The lowest BCUT2D eigenvalue weighted by molar-refractivity contribution is 0.681. The van der Waals surface area contributed by atoms with Crippen LogP contribution in [0.25, 0.3) is 6.08 Å². The molecular weight excluding hydrogens is 254 g/mol. The van der Waals surface area contributed by atoms with E-state index in [1.807, 2.05) is 50.2 Å². The second kappa shape index (κ2) is 5.41. The Kier molecular flexibility index (Phi) is 3.86. The molecule has 1 atom stereocenters. The van der Waals surface area contributed by atoms with Crippen LogP contribution < -0.4 is 0 Å². The smallest absolute Gasteiger partial charge is 0.0943 e. The van der Waals surface area contributed by atoms with Gasteiger partial charge in [0, 0.05) is 5.41 Å². The average molecular weight is 271 g/mol. The summed E-state index contributed by atoms with van der Waals surface area (Å²) in [5.74, 6) is 0. The summed E-state index contributed by atoms with van der Waals surface area (Å²) in [6, 6.07) is 15.1. The zero-order valence-electron chi connectivity index (χ0n) is 11.1. The van der Waals surface area contributed by atoms with Crippen LogP contribution >= 0.6 is 0 Å². The van der Waals surface area contributed by atoms with E-state index in [4.69, 9.17) is 4.78 Å². The molecule has 3 heteroatoms. The highest BCUT2D eigenvalue weighted by Crippen LogP contribution is 2.16. The van der Waals surface area contributed by atoms with E-state index in [9.17, 15) is 4.21 Å². The van der Waals surface area contributed by atoms with Gasteiger partial charge in [0.15, 0.2) is 0 Å². The maximum atomic E-state index is 12.4. The number of rotatable bonds is 3. The molecule has 98 valence electrons. The van der Waals surface area contributed by atoms with Gasteiger partial charge in [0.05, 0.1) is 14.6 Å². The van der Waals surface area contributed by atoms with Crippen molar-refractivity contribution in [3.63, 3.8) is 0 Å². The maximum Gasteiger partial charge on any atom is 0.0943 e. The van der Waals surface area contributed by atoms with Gasteiger partial charge in [-0.1, -0.05) is 42.0 Å². The zero-order valence-corrected chi connectivity index (χ0v) is 11.9. The van der Waals surface area contributed by atoms with Gasteiger partial charge in [-0.25, -0.2) is 8.99 Å². The maximum absolute atomic E-state index is 12.4. The highest BCUT2D eigenvalue weighted by atomic mass is 32.2. The fourth-order valence-electron chi connectivity index (χ4n) is 1.76. The molecule has 0 aliphatic rings. The van der Waals surface area contributed by atoms with Crippen molar-refractivity contribution in [2.24, 2.45) is 0 Å². The second-order valence-corrected chi connectivity index (χ2v) is 6.52. The van der Waals surface area contributed by atoms with E-state index in [1.54, 1.807) is 18.2 Å². The molecule has 0 saturated carbocycles. The Morgan fingerprint density at radius 3 is 2.26 bits per heavy atom. The molecule has 0 fully saturated rings. The first kappa shape index (κ1) is 13.6. The highest BCUT2D eigenvalue weighted by molar-refractivity contribution is 7.95. The van der Waals surface area contributed by atoms with Crippen LogP contribution in [0, 0.1) is 18.6 Å². The number of nitrogens with one attached hydrogen (secondary N) is 1. The van der Waals surface area contributed by atoms with E-state index in [2.05, 4.69) is 0 Å². The Labute approximate surface area is 114 Å². The number of benzene rings is 2. The number of hydrogen-bond acceptors (Lipinski definition) is 2. The Morgan fingerprint density at radius 2 is 1.63 bits per heavy atom. The van der Waals surface area contributed by atoms with E-state index in [1.165, 1.54) is 5.41 Å². The minimum absolute atomic E-state index is 0.544. The van der Waals surface area contributed by atoms with Crippen molar-refractivity contribution in [1.82, 2.24) is 0 Å². The zero-order chi connectivity index (χ0) is 13.9. The van der Waals surface area contributed by atoms with Crippen LogP contribution in [0.3, 0.4) is 0 Å². The molecular formula is C16H17NOS. The summed E-state index contributed by atoms with van der Waals surface area (Å²) in [7, 11) is -2.87. The largest absolute Gasteiger partial charge is 0.245 e. The van der Waals surface area contributed by atoms with Crippen LogP contribution in [-0.2, 0) is 9.73 Å². The van der Waals surface area contributed by atoms with Crippen molar-refractivity contribution < 1.29 is 4.21 Å². The molecule has 0 amide bonds. The third-order valence-electron chi connectivity index (χ3n) is 3.00. The molecule has 1 N–H and O–H groups in total. The van der Waals surface area contributed by atoms with Gasteiger partial charge in [-0.05, 0) is 43.2 Å². The van der Waals surface area contributed by atoms with Crippen LogP contribution in [0.15, 0.2) is 58.8 Å². The molecule has 0 bridgehead atoms. The van der Waals surface area contributed by atoms with Crippen molar-refractivity contribution in [3.8, 4) is 0 Å². The minimum Gasteiger partial charge on any atom is -0.245 e. The summed E-state index contributed by atoms with van der Waals surface area (Å²) < 4.78 is 20.4. The Balaban J connectivity index is 2.32. The molecule has 1 unspecified atom stereocenters. The molecule has 0 aliphatic heterocycles. The van der Waals surface area contributed by atoms with E-state index in [-0.39, 0.29) is 0 Å². The molecule has 19 heavy (non-hydrogen) atoms. The van der Waals surface area contributed by atoms with Gasteiger partial charge in [0.2, 0.25) is 0 Å². The van der Waals surface area contributed by atoms with Crippen molar-refractivity contribution in [1.29, 1.82) is 4.78 Å². The first-order valence-electron chi connectivity index (χ1n) is 6.08. The monoisotopic (exact) mass is 271 g/mol. The summed E-state index contributed by atoms with van der Waals surface area (Å²) in [5, 5.41) is 1.49. The summed E-state index contributed by atoms with van der Waals surface area (Å²) in [6.45, 7) is 3.97. The molecule has 2 nitrogen and oxygen atoms in total. The van der Waals surface area contributed by atoms with E-state index in [0.29, 0.717) is 4.90 Å². The quantitative estimate of drug-likeness (QED) is 0.884. The predicted molar refractivity (Wildman–Crippen MR) is 80.5 cm³/mol. The third kappa shape index (κ3) is 3.32. The van der Waals surface area contributed by atoms with Crippen molar-refractivity contribution in [3.05, 3.63) is 70.6 Å². The Morgan fingerprint density at radius 1 is 1.00 bits per heavy atom. The van der Waals surface area contributed by atoms with Gasteiger partial charge in [-0.2, -0.15) is 0 Å². The lowest BCUT2D eigenvalue weighted by atomic mass is 10.1. The van der Waals surface area contributed by atoms with Crippen LogP contribution in [0.5, 0.6) is 0 Å². The first-order chi connectivity index (χ1) is 8.99. The molecule has 0 radical (unpaired) electrons. The van der Waals surface area contributed by atoms with Gasteiger partial charge in [-0.3, -0.25) is 0 Å². The lowest BCUT2D eigenvalue weighted by Crippen LogP contribution is -1.94. The van der Waals surface area contributed by atoms with Crippen molar-refractivity contribution in [2.45, 2.75) is 18.7 Å². The SMILES string of the molecule is Cc1ccc(S(=N)(=O)/C=C/c2ccccc2C)cc1. The van der Waals surface area contributed by atoms with Gasteiger partial charge >= 0.3 is 0 Å². The summed E-state index contributed by atoms with van der Waals surface area (Å²) >= 11 is 0. The normalized spacial score (nSPS) is 14.4.